The lowest BCUT2D eigenvalue weighted by molar-refractivity contribution is -0.145. The van der Waals surface area contributed by atoms with E-state index in [9.17, 15) is 9.59 Å². The summed E-state index contributed by atoms with van der Waals surface area (Å²) in [4.78, 5) is 22.9. The minimum atomic E-state index is -1.05. The van der Waals surface area contributed by atoms with Gasteiger partial charge in [-0.05, 0) is 24.0 Å². The maximum Gasteiger partial charge on any atom is 0.326 e. The summed E-state index contributed by atoms with van der Waals surface area (Å²) in [6, 6.07) is 6.39. The molecule has 0 saturated heterocycles. The highest BCUT2D eigenvalue weighted by Gasteiger charge is 2.32. The Morgan fingerprint density at radius 1 is 1.30 bits per heavy atom. The molecule has 0 aliphatic heterocycles. The van der Waals surface area contributed by atoms with E-state index in [0.29, 0.717) is 5.75 Å². The van der Waals surface area contributed by atoms with Crippen molar-refractivity contribution < 1.29 is 19.4 Å². The molecule has 1 rings (SSSR count). The molecule has 110 valence electrons. The Bertz CT molecular complexity index is 491. The van der Waals surface area contributed by atoms with Crippen LogP contribution in [-0.2, 0) is 9.59 Å². The fourth-order valence-electron chi connectivity index (χ4n) is 1.71. The fraction of sp³-hybridized carbons (Fsp3) is 0.467. The van der Waals surface area contributed by atoms with Gasteiger partial charge in [0.2, 0.25) is 0 Å². The number of aryl methyl sites for hydroxylation is 1. The molecule has 0 aliphatic carbocycles. The first-order valence-electron chi connectivity index (χ1n) is 6.42. The van der Waals surface area contributed by atoms with Crippen molar-refractivity contribution in [2.45, 2.75) is 33.7 Å². The van der Waals surface area contributed by atoms with E-state index in [2.05, 4.69) is 5.32 Å². The van der Waals surface area contributed by atoms with E-state index in [1.165, 1.54) is 0 Å². The molecule has 0 fully saturated rings. The van der Waals surface area contributed by atoms with Gasteiger partial charge in [0, 0.05) is 0 Å². The topological polar surface area (TPSA) is 75.6 Å². The van der Waals surface area contributed by atoms with Crippen molar-refractivity contribution in [3.05, 3.63) is 29.8 Å². The van der Waals surface area contributed by atoms with Gasteiger partial charge in [-0.2, -0.15) is 0 Å². The number of para-hydroxylation sites is 1. The van der Waals surface area contributed by atoms with Crippen LogP contribution in [0.25, 0.3) is 0 Å². The van der Waals surface area contributed by atoms with Crippen LogP contribution in [0.2, 0.25) is 0 Å². The highest BCUT2D eigenvalue weighted by molar-refractivity contribution is 5.84. The summed E-state index contributed by atoms with van der Waals surface area (Å²) >= 11 is 0. The third kappa shape index (κ3) is 4.57. The van der Waals surface area contributed by atoms with Crippen LogP contribution in [0.15, 0.2) is 24.3 Å². The Balaban J connectivity index is 2.60. The van der Waals surface area contributed by atoms with Crippen molar-refractivity contribution in [2.75, 3.05) is 6.61 Å². The van der Waals surface area contributed by atoms with Gasteiger partial charge in [0.15, 0.2) is 6.61 Å². The molecule has 1 aromatic carbocycles. The van der Waals surface area contributed by atoms with Crippen LogP contribution in [0.3, 0.4) is 0 Å². The molecule has 1 unspecified atom stereocenters. The van der Waals surface area contributed by atoms with Gasteiger partial charge in [0.25, 0.3) is 5.91 Å². The van der Waals surface area contributed by atoms with Crippen molar-refractivity contribution >= 4 is 11.9 Å². The van der Waals surface area contributed by atoms with E-state index in [4.69, 9.17) is 9.84 Å². The number of rotatable bonds is 5. The Morgan fingerprint density at radius 2 is 1.90 bits per heavy atom. The SMILES string of the molecule is Cc1ccccc1OCC(=O)NC(C(=O)O)C(C)(C)C. The lowest BCUT2D eigenvalue weighted by atomic mass is 9.87. The van der Waals surface area contributed by atoms with E-state index in [0.717, 1.165) is 5.56 Å². The normalized spacial score (nSPS) is 12.6. The summed E-state index contributed by atoms with van der Waals surface area (Å²) in [6.45, 7) is 6.95. The first-order chi connectivity index (χ1) is 9.21. The van der Waals surface area contributed by atoms with E-state index >= 15 is 0 Å². The second-order valence-electron chi connectivity index (χ2n) is 5.76. The van der Waals surface area contributed by atoms with Crippen LogP contribution < -0.4 is 10.1 Å². The minimum Gasteiger partial charge on any atom is -0.484 e. The number of ether oxygens (including phenoxy) is 1. The average molecular weight is 279 g/mol. The highest BCUT2D eigenvalue weighted by Crippen LogP contribution is 2.19. The molecular formula is C15H21NO4. The van der Waals surface area contributed by atoms with Gasteiger partial charge < -0.3 is 15.2 Å². The lowest BCUT2D eigenvalue weighted by Gasteiger charge is -2.27. The molecule has 5 heteroatoms. The maximum absolute atomic E-state index is 11.8. The van der Waals surface area contributed by atoms with Gasteiger partial charge in [-0.15, -0.1) is 0 Å². The van der Waals surface area contributed by atoms with E-state index in [-0.39, 0.29) is 6.61 Å². The quantitative estimate of drug-likeness (QED) is 0.864. The molecule has 1 atom stereocenters. The molecule has 0 aromatic heterocycles. The summed E-state index contributed by atoms with van der Waals surface area (Å²) in [5.41, 5.74) is 0.357. The summed E-state index contributed by atoms with van der Waals surface area (Å²) in [7, 11) is 0. The Labute approximate surface area is 118 Å². The molecule has 0 radical (unpaired) electrons. The van der Waals surface area contributed by atoms with Crippen LogP contribution >= 0.6 is 0 Å². The van der Waals surface area contributed by atoms with E-state index < -0.39 is 23.3 Å². The zero-order valence-corrected chi connectivity index (χ0v) is 12.3. The minimum absolute atomic E-state index is 0.204. The largest absolute Gasteiger partial charge is 0.484 e. The Kier molecular flexibility index (Phi) is 5.13. The zero-order valence-electron chi connectivity index (χ0n) is 12.3. The number of aliphatic carboxylic acids is 1. The molecule has 0 spiro atoms. The summed E-state index contributed by atoms with van der Waals surface area (Å²) in [5, 5.41) is 11.6. The third-order valence-corrected chi connectivity index (χ3v) is 2.87. The molecular weight excluding hydrogens is 258 g/mol. The third-order valence-electron chi connectivity index (χ3n) is 2.87. The highest BCUT2D eigenvalue weighted by atomic mass is 16.5. The lowest BCUT2D eigenvalue weighted by Crippen LogP contribution is -2.50. The van der Waals surface area contributed by atoms with Gasteiger partial charge in [0.05, 0.1) is 0 Å². The van der Waals surface area contributed by atoms with Gasteiger partial charge in [-0.3, -0.25) is 4.79 Å². The smallest absolute Gasteiger partial charge is 0.326 e. The monoisotopic (exact) mass is 279 g/mol. The number of hydrogen-bond donors (Lipinski definition) is 2. The molecule has 0 saturated carbocycles. The van der Waals surface area contributed by atoms with Gasteiger partial charge in [-0.25, -0.2) is 4.79 Å². The maximum atomic E-state index is 11.8. The Hall–Kier alpha value is -2.04. The van der Waals surface area contributed by atoms with Crippen molar-refractivity contribution in [1.29, 1.82) is 0 Å². The molecule has 1 aromatic rings. The standard InChI is InChI=1S/C15H21NO4/c1-10-7-5-6-8-11(10)20-9-12(17)16-13(14(18)19)15(2,3)4/h5-8,13H,9H2,1-4H3,(H,16,17)(H,18,19). The first-order valence-corrected chi connectivity index (χ1v) is 6.42. The summed E-state index contributed by atoms with van der Waals surface area (Å²) in [5.74, 6) is -0.886. The van der Waals surface area contributed by atoms with Crippen LogP contribution in [0.5, 0.6) is 5.75 Å². The van der Waals surface area contributed by atoms with Crippen molar-refractivity contribution in [3.8, 4) is 5.75 Å². The molecule has 0 aliphatic rings. The fourth-order valence-corrected chi connectivity index (χ4v) is 1.71. The zero-order chi connectivity index (χ0) is 15.3. The van der Waals surface area contributed by atoms with E-state index in [1.54, 1.807) is 26.8 Å². The van der Waals surface area contributed by atoms with E-state index in [1.807, 2.05) is 25.1 Å². The number of hydrogen-bond acceptors (Lipinski definition) is 3. The molecule has 0 heterocycles. The second-order valence-corrected chi connectivity index (χ2v) is 5.76. The van der Waals surface area contributed by atoms with Crippen LogP contribution in [0.4, 0.5) is 0 Å². The predicted molar refractivity (Wildman–Crippen MR) is 75.7 cm³/mol. The number of amides is 1. The number of benzene rings is 1. The predicted octanol–water partition coefficient (Wildman–Crippen LogP) is 1.99. The Morgan fingerprint density at radius 3 is 2.40 bits per heavy atom. The molecule has 1 amide bonds. The van der Waals surface area contributed by atoms with Crippen LogP contribution in [0.1, 0.15) is 26.3 Å². The van der Waals surface area contributed by atoms with Gasteiger partial charge in [0.1, 0.15) is 11.8 Å². The number of carboxylic acid groups (broad SMARTS) is 1. The first kappa shape index (κ1) is 16.0. The summed E-state index contributed by atoms with van der Waals surface area (Å²) in [6.07, 6.45) is 0. The average Bonchev–Trinajstić information content (AvgIpc) is 2.33. The summed E-state index contributed by atoms with van der Waals surface area (Å²) < 4.78 is 5.39. The number of carboxylic acids is 1. The molecule has 0 bridgehead atoms. The number of carbonyl (C=O) groups excluding carboxylic acids is 1. The van der Waals surface area contributed by atoms with Gasteiger partial charge >= 0.3 is 5.97 Å². The van der Waals surface area contributed by atoms with Gasteiger partial charge in [-0.1, -0.05) is 39.0 Å². The van der Waals surface area contributed by atoms with Crippen LogP contribution in [-0.4, -0.2) is 29.6 Å². The molecule has 5 nitrogen and oxygen atoms in total. The second kappa shape index (κ2) is 6.41. The van der Waals surface area contributed by atoms with Crippen molar-refractivity contribution in [3.63, 3.8) is 0 Å². The number of nitrogens with one attached hydrogen (secondary N) is 1. The van der Waals surface area contributed by atoms with Crippen molar-refractivity contribution in [1.82, 2.24) is 5.32 Å². The number of carbonyl (C=O) groups is 2. The molecule has 2 N–H and O–H groups in total. The molecule has 20 heavy (non-hydrogen) atoms. The van der Waals surface area contributed by atoms with Crippen molar-refractivity contribution in [2.24, 2.45) is 5.41 Å². The van der Waals surface area contributed by atoms with Crippen LogP contribution in [0, 0.1) is 12.3 Å².